The highest BCUT2D eigenvalue weighted by atomic mass is 35.5. The molecule has 0 radical (unpaired) electrons. The van der Waals surface area contributed by atoms with Gasteiger partial charge < -0.3 is 5.32 Å². The summed E-state index contributed by atoms with van der Waals surface area (Å²) < 4.78 is 1.85. The number of carbonyl (C=O) groups is 1. The van der Waals surface area contributed by atoms with Crippen molar-refractivity contribution in [2.24, 2.45) is 0 Å². The van der Waals surface area contributed by atoms with Crippen LogP contribution in [0.2, 0.25) is 5.15 Å². The number of rotatable bonds is 4. The van der Waals surface area contributed by atoms with Gasteiger partial charge in [-0.2, -0.15) is 0 Å². The first-order valence-electron chi connectivity index (χ1n) is 7.52. The average Bonchev–Trinajstić information content (AvgIpc) is 3.33. The maximum absolute atomic E-state index is 12.2. The van der Waals surface area contributed by atoms with E-state index in [0.717, 1.165) is 24.2 Å². The Morgan fingerprint density at radius 3 is 2.62 bits per heavy atom. The van der Waals surface area contributed by atoms with Gasteiger partial charge in [0.25, 0.3) is 5.91 Å². The number of halogens is 1. The molecule has 0 bridgehead atoms. The highest BCUT2D eigenvalue weighted by Crippen LogP contribution is 2.36. The van der Waals surface area contributed by atoms with Crippen LogP contribution in [0.15, 0.2) is 42.6 Å². The molecule has 4 rings (SSSR count). The monoisotopic (exact) mass is 340 g/mol. The van der Waals surface area contributed by atoms with E-state index in [1.165, 1.54) is 6.20 Å². The van der Waals surface area contributed by atoms with Gasteiger partial charge in [0.2, 0.25) is 0 Å². The molecule has 2 heterocycles. The predicted octanol–water partition coefficient (Wildman–Crippen LogP) is 2.98. The van der Waals surface area contributed by atoms with Crippen molar-refractivity contribution in [3.05, 3.63) is 53.3 Å². The third-order valence-corrected chi connectivity index (χ3v) is 4.00. The van der Waals surface area contributed by atoms with E-state index in [2.05, 4.69) is 25.8 Å². The van der Waals surface area contributed by atoms with Gasteiger partial charge in [0.15, 0.2) is 5.82 Å². The fraction of sp³-hybridized carbons (Fsp3) is 0.188. The minimum atomic E-state index is -0.241. The molecule has 3 aromatic rings. The Balaban J connectivity index is 1.50. The van der Waals surface area contributed by atoms with Crippen LogP contribution in [-0.2, 0) is 0 Å². The molecule has 0 atom stereocenters. The molecule has 0 saturated heterocycles. The molecule has 8 heteroatoms. The summed E-state index contributed by atoms with van der Waals surface area (Å²) in [4.78, 5) is 16.1. The summed E-state index contributed by atoms with van der Waals surface area (Å²) in [7, 11) is 0. The molecule has 1 aromatic carbocycles. The molecule has 0 unspecified atom stereocenters. The molecule has 1 N–H and O–H groups in total. The number of benzene rings is 1. The summed E-state index contributed by atoms with van der Waals surface area (Å²) in [6.07, 6.45) is 3.67. The highest BCUT2D eigenvalue weighted by molar-refractivity contribution is 6.29. The van der Waals surface area contributed by atoms with Crippen LogP contribution < -0.4 is 5.32 Å². The molecule has 1 amide bonds. The zero-order valence-corrected chi connectivity index (χ0v) is 13.3. The topological polar surface area (TPSA) is 85.6 Å². The number of nitrogens with one attached hydrogen (secondary N) is 1. The van der Waals surface area contributed by atoms with E-state index in [9.17, 15) is 4.79 Å². The molecule has 1 saturated carbocycles. The van der Waals surface area contributed by atoms with Crippen molar-refractivity contribution in [3.8, 4) is 11.4 Å². The molecule has 24 heavy (non-hydrogen) atoms. The number of hydrogen-bond donors (Lipinski definition) is 1. The van der Waals surface area contributed by atoms with Gasteiger partial charge in [0, 0.05) is 17.4 Å². The number of aromatic nitrogens is 5. The Morgan fingerprint density at radius 2 is 1.96 bits per heavy atom. The SMILES string of the molecule is O=C(Nc1ccc(-c2nnnn2C2CC2)cc1)c1ccc(Cl)nc1. The second-order valence-electron chi connectivity index (χ2n) is 5.58. The van der Waals surface area contributed by atoms with Crippen LogP contribution >= 0.6 is 11.6 Å². The standard InChI is InChI=1S/C16H13ClN6O/c17-14-8-3-11(9-18-14)16(24)19-12-4-1-10(2-5-12)15-20-21-22-23(15)13-6-7-13/h1-5,8-9,13H,6-7H2,(H,19,24). The lowest BCUT2D eigenvalue weighted by molar-refractivity contribution is 0.102. The third kappa shape index (κ3) is 2.98. The van der Waals surface area contributed by atoms with Gasteiger partial charge in [-0.3, -0.25) is 4.79 Å². The lowest BCUT2D eigenvalue weighted by Crippen LogP contribution is -2.12. The van der Waals surface area contributed by atoms with Crippen molar-refractivity contribution in [2.45, 2.75) is 18.9 Å². The zero-order valence-electron chi connectivity index (χ0n) is 12.6. The Morgan fingerprint density at radius 1 is 1.17 bits per heavy atom. The number of hydrogen-bond acceptors (Lipinski definition) is 5. The van der Waals surface area contributed by atoms with E-state index in [1.807, 2.05) is 28.9 Å². The fourth-order valence-electron chi connectivity index (χ4n) is 2.36. The molecule has 0 spiro atoms. The molecule has 0 aliphatic heterocycles. The molecule has 1 fully saturated rings. The lowest BCUT2D eigenvalue weighted by atomic mass is 10.2. The van der Waals surface area contributed by atoms with Crippen LogP contribution in [0.4, 0.5) is 5.69 Å². The summed E-state index contributed by atoms with van der Waals surface area (Å²) in [5.41, 5.74) is 2.04. The summed E-state index contributed by atoms with van der Waals surface area (Å²) >= 11 is 5.72. The Kier molecular flexibility index (Phi) is 3.70. The van der Waals surface area contributed by atoms with Crippen molar-refractivity contribution in [3.63, 3.8) is 0 Å². The van der Waals surface area contributed by atoms with Crippen LogP contribution in [0.3, 0.4) is 0 Å². The smallest absolute Gasteiger partial charge is 0.257 e. The maximum Gasteiger partial charge on any atom is 0.257 e. The molecule has 7 nitrogen and oxygen atoms in total. The largest absolute Gasteiger partial charge is 0.322 e. The van der Waals surface area contributed by atoms with E-state index in [-0.39, 0.29) is 5.91 Å². The number of carbonyl (C=O) groups excluding carboxylic acids is 1. The van der Waals surface area contributed by atoms with Crippen LogP contribution in [0.5, 0.6) is 0 Å². The van der Waals surface area contributed by atoms with Gasteiger partial charge in [-0.05, 0) is 59.7 Å². The molecular weight excluding hydrogens is 328 g/mol. The minimum absolute atomic E-state index is 0.241. The first-order chi connectivity index (χ1) is 11.7. The minimum Gasteiger partial charge on any atom is -0.322 e. The van der Waals surface area contributed by atoms with Gasteiger partial charge in [0.05, 0.1) is 11.6 Å². The van der Waals surface area contributed by atoms with Gasteiger partial charge in [0.1, 0.15) is 5.15 Å². The van der Waals surface area contributed by atoms with Crippen LogP contribution in [0.25, 0.3) is 11.4 Å². The van der Waals surface area contributed by atoms with Crippen molar-refractivity contribution in [1.82, 2.24) is 25.2 Å². The number of pyridine rings is 1. The van der Waals surface area contributed by atoms with Crippen molar-refractivity contribution < 1.29 is 4.79 Å². The fourth-order valence-corrected chi connectivity index (χ4v) is 2.48. The van der Waals surface area contributed by atoms with Gasteiger partial charge >= 0.3 is 0 Å². The molecule has 2 aromatic heterocycles. The van der Waals surface area contributed by atoms with Crippen LogP contribution in [0.1, 0.15) is 29.2 Å². The second kappa shape index (κ2) is 6.01. The summed E-state index contributed by atoms with van der Waals surface area (Å²) in [5.74, 6) is 0.506. The number of anilines is 1. The van der Waals surface area contributed by atoms with Gasteiger partial charge in [-0.1, -0.05) is 11.6 Å². The van der Waals surface area contributed by atoms with E-state index in [1.54, 1.807) is 12.1 Å². The predicted molar refractivity (Wildman–Crippen MR) is 88.7 cm³/mol. The molecular formula is C16H13ClN6O. The first kappa shape index (κ1) is 14.8. The number of tetrazole rings is 1. The maximum atomic E-state index is 12.2. The normalized spacial score (nSPS) is 13.7. The van der Waals surface area contributed by atoms with Crippen LogP contribution in [-0.4, -0.2) is 31.1 Å². The quantitative estimate of drug-likeness (QED) is 0.738. The zero-order chi connectivity index (χ0) is 16.5. The highest BCUT2D eigenvalue weighted by Gasteiger charge is 2.28. The van der Waals surface area contributed by atoms with Gasteiger partial charge in [-0.25, -0.2) is 9.67 Å². The second-order valence-corrected chi connectivity index (χ2v) is 5.97. The lowest BCUT2D eigenvalue weighted by Gasteiger charge is -2.07. The van der Waals surface area contributed by atoms with Crippen molar-refractivity contribution >= 4 is 23.2 Å². The summed E-state index contributed by atoms with van der Waals surface area (Å²) in [6.45, 7) is 0. The van der Waals surface area contributed by atoms with E-state index < -0.39 is 0 Å². The van der Waals surface area contributed by atoms with Crippen molar-refractivity contribution in [2.75, 3.05) is 5.32 Å². The van der Waals surface area contributed by atoms with E-state index in [0.29, 0.717) is 22.4 Å². The first-order valence-corrected chi connectivity index (χ1v) is 7.90. The van der Waals surface area contributed by atoms with E-state index in [4.69, 9.17) is 11.6 Å². The van der Waals surface area contributed by atoms with Crippen molar-refractivity contribution in [1.29, 1.82) is 0 Å². The summed E-state index contributed by atoms with van der Waals surface area (Å²) in [6, 6.07) is 11.0. The Bertz CT molecular complexity index is 870. The summed E-state index contributed by atoms with van der Waals surface area (Å²) in [5, 5.41) is 15.1. The van der Waals surface area contributed by atoms with Crippen LogP contribution in [0, 0.1) is 0 Å². The average molecular weight is 341 g/mol. The third-order valence-electron chi connectivity index (χ3n) is 3.78. The van der Waals surface area contributed by atoms with E-state index >= 15 is 0 Å². The van der Waals surface area contributed by atoms with Gasteiger partial charge in [-0.15, -0.1) is 5.10 Å². The Hall–Kier alpha value is -2.80. The number of nitrogens with zero attached hydrogens (tertiary/aromatic N) is 5. The molecule has 120 valence electrons. The Labute approximate surface area is 142 Å². The molecule has 1 aliphatic carbocycles. The number of amides is 1. The molecule has 1 aliphatic rings.